The summed E-state index contributed by atoms with van der Waals surface area (Å²) in [6.45, 7) is 9.57. The summed E-state index contributed by atoms with van der Waals surface area (Å²) in [7, 11) is 0. The van der Waals surface area contributed by atoms with Crippen LogP contribution in [0, 0.1) is 5.92 Å². The fourth-order valence-corrected chi connectivity index (χ4v) is 1.96. The maximum atomic E-state index is 11.4. The van der Waals surface area contributed by atoms with Crippen LogP contribution < -0.4 is 10.6 Å². The van der Waals surface area contributed by atoms with Gasteiger partial charge in [-0.25, -0.2) is 4.79 Å². The van der Waals surface area contributed by atoms with Gasteiger partial charge in [0.25, 0.3) is 0 Å². The van der Waals surface area contributed by atoms with E-state index in [0.717, 1.165) is 25.9 Å². The fraction of sp³-hybridized carbons (Fsp3) is 0.917. The van der Waals surface area contributed by atoms with Gasteiger partial charge in [0.05, 0.1) is 0 Å². The van der Waals surface area contributed by atoms with Crippen LogP contribution in [0.5, 0.6) is 0 Å². The molecule has 2 atom stereocenters. The Morgan fingerprint density at radius 2 is 2.19 bits per heavy atom. The number of rotatable bonds is 2. The van der Waals surface area contributed by atoms with Gasteiger partial charge in [0, 0.05) is 12.6 Å². The Balaban J connectivity index is 2.21. The van der Waals surface area contributed by atoms with E-state index in [9.17, 15) is 4.79 Å². The van der Waals surface area contributed by atoms with Gasteiger partial charge < -0.3 is 15.4 Å². The first kappa shape index (κ1) is 13.3. The largest absolute Gasteiger partial charge is 0.444 e. The van der Waals surface area contributed by atoms with E-state index in [1.807, 2.05) is 20.8 Å². The molecule has 2 N–H and O–H groups in total. The van der Waals surface area contributed by atoms with Crippen molar-refractivity contribution < 1.29 is 9.53 Å². The summed E-state index contributed by atoms with van der Waals surface area (Å²) in [6, 6.07) is 0.555. The number of hydrogen-bond acceptors (Lipinski definition) is 3. The average Bonchev–Trinajstić information content (AvgIpc) is 2.12. The Morgan fingerprint density at radius 3 is 2.75 bits per heavy atom. The monoisotopic (exact) mass is 228 g/mol. The molecule has 1 amide bonds. The molecule has 0 aromatic heterocycles. The zero-order valence-electron chi connectivity index (χ0n) is 10.8. The van der Waals surface area contributed by atoms with Crippen LogP contribution in [0.1, 0.15) is 40.5 Å². The molecule has 1 aliphatic rings. The molecule has 0 aliphatic carbocycles. The van der Waals surface area contributed by atoms with Crippen molar-refractivity contribution >= 4 is 6.09 Å². The van der Waals surface area contributed by atoms with E-state index in [-0.39, 0.29) is 6.09 Å². The second-order valence-corrected chi connectivity index (χ2v) is 5.63. The molecule has 4 heteroatoms. The number of amides is 1. The van der Waals surface area contributed by atoms with Crippen LogP contribution >= 0.6 is 0 Å². The van der Waals surface area contributed by atoms with Gasteiger partial charge in [0.2, 0.25) is 0 Å². The van der Waals surface area contributed by atoms with Crippen LogP contribution in [-0.4, -0.2) is 30.8 Å². The third-order valence-electron chi connectivity index (χ3n) is 2.67. The molecule has 16 heavy (non-hydrogen) atoms. The lowest BCUT2D eigenvalue weighted by molar-refractivity contribution is 0.0514. The highest BCUT2D eigenvalue weighted by Crippen LogP contribution is 2.15. The van der Waals surface area contributed by atoms with E-state index in [4.69, 9.17) is 4.74 Å². The number of nitrogens with one attached hydrogen (secondary N) is 2. The van der Waals surface area contributed by atoms with E-state index in [1.54, 1.807) is 0 Å². The summed E-state index contributed by atoms with van der Waals surface area (Å²) >= 11 is 0. The van der Waals surface area contributed by atoms with Gasteiger partial charge in [-0.2, -0.15) is 0 Å². The van der Waals surface area contributed by atoms with Crippen molar-refractivity contribution in [2.75, 3.05) is 13.1 Å². The lowest BCUT2D eigenvalue weighted by Gasteiger charge is -2.28. The number of alkyl carbamates (subject to hydrolysis) is 1. The first-order valence-corrected chi connectivity index (χ1v) is 6.07. The SMILES string of the molecule is C[C@H]1C[C@H](CNC(=O)OC(C)(C)C)CCN1. The second kappa shape index (κ2) is 5.53. The predicted molar refractivity (Wildman–Crippen MR) is 64.4 cm³/mol. The molecule has 1 aliphatic heterocycles. The number of piperidine rings is 1. The standard InChI is InChI=1S/C12H24N2O2/c1-9-7-10(5-6-13-9)8-14-11(15)16-12(2,3)4/h9-10,13H,5-8H2,1-4H3,(H,14,15)/t9-,10+/m0/s1. The topological polar surface area (TPSA) is 50.4 Å². The minimum absolute atomic E-state index is 0.307. The molecule has 0 saturated carbocycles. The number of carbonyl (C=O) groups is 1. The number of hydrogen-bond donors (Lipinski definition) is 2. The lowest BCUT2D eigenvalue weighted by atomic mass is 9.93. The first-order valence-electron chi connectivity index (χ1n) is 6.07. The van der Waals surface area contributed by atoms with Gasteiger partial charge in [-0.15, -0.1) is 0 Å². The molecule has 1 heterocycles. The van der Waals surface area contributed by atoms with E-state index in [1.165, 1.54) is 0 Å². The van der Waals surface area contributed by atoms with Crippen molar-refractivity contribution in [2.24, 2.45) is 5.92 Å². The lowest BCUT2D eigenvalue weighted by Crippen LogP contribution is -2.41. The predicted octanol–water partition coefficient (Wildman–Crippen LogP) is 1.90. The van der Waals surface area contributed by atoms with E-state index in [2.05, 4.69) is 17.6 Å². The van der Waals surface area contributed by atoms with Gasteiger partial charge in [0.15, 0.2) is 0 Å². The van der Waals surface area contributed by atoms with Crippen molar-refractivity contribution in [1.82, 2.24) is 10.6 Å². The highest BCUT2D eigenvalue weighted by Gasteiger charge is 2.20. The van der Waals surface area contributed by atoms with Crippen LogP contribution in [0.3, 0.4) is 0 Å². The number of ether oxygens (including phenoxy) is 1. The number of carbonyl (C=O) groups excluding carboxylic acids is 1. The third-order valence-corrected chi connectivity index (χ3v) is 2.67. The molecule has 1 rings (SSSR count). The van der Waals surface area contributed by atoms with Gasteiger partial charge in [-0.1, -0.05) is 0 Å². The molecule has 1 fully saturated rings. The molecule has 0 bridgehead atoms. The molecule has 4 nitrogen and oxygen atoms in total. The van der Waals surface area contributed by atoms with Crippen molar-refractivity contribution in [3.05, 3.63) is 0 Å². The van der Waals surface area contributed by atoms with Crippen molar-refractivity contribution in [1.29, 1.82) is 0 Å². The summed E-state index contributed by atoms with van der Waals surface area (Å²) in [6.07, 6.45) is 1.94. The summed E-state index contributed by atoms with van der Waals surface area (Å²) in [5.41, 5.74) is -0.411. The molecule has 0 aromatic rings. The summed E-state index contributed by atoms with van der Waals surface area (Å²) < 4.78 is 5.19. The Kier molecular flexibility index (Phi) is 4.59. The van der Waals surface area contributed by atoms with Crippen LogP contribution in [0.25, 0.3) is 0 Å². The molecule has 0 aromatic carbocycles. The first-order chi connectivity index (χ1) is 7.37. The molecule has 1 saturated heterocycles. The maximum Gasteiger partial charge on any atom is 0.407 e. The Morgan fingerprint density at radius 1 is 1.50 bits per heavy atom. The second-order valence-electron chi connectivity index (χ2n) is 5.63. The van der Waals surface area contributed by atoms with Crippen LogP contribution in [0.2, 0.25) is 0 Å². The van der Waals surface area contributed by atoms with Crippen LogP contribution in [0.4, 0.5) is 4.79 Å². The molecule has 0 radical (unpaired) electrons. The quantitative estimate of drug-likeness (QED) is 0.759. The zero-order chi connectivity index (χ0) is 12.2. The normalized spacial score (nSPS) is 26.2. The van der Waals surface area contributed by atoms with Gasteiger partial charge in [-0.05, 0) is 53.0 Å². The average molecular weight is 228 g/mol. The third kappa shape index (κ3) is 5.35. The zero-order valence-corrected chi connectivity index (χ0v) is 10.8. The van der Waals surface area contributed by atoms with E-state index < -0.39 is 5.60 Å². The highest BCUT2D eigenvalue weighted by molar-refractivity contribution is 5.67. The minimum atomic E-state index is -0.411. The molecule has 0 spiro atoms. The summed E-state index contributed by atoms with van der Waals surface area (Å²) in [4.78, 5) is 11.4. The maximum absolute atomic E-state index is 11.4. The molecule has 0 unspecified atom stereocenters. The summed E-state index contributed by atoms with van der Waals surface area (Å²) in [5.74, 6) is 0.573. The molecular formula is C12H24N2O2. The highest BCUT2D eigenvalue weighted by atomic mass is 16.6. The Labute approximate surface area is 98.1 Å². The van der Waals surface area contributed by atoms with E-state index in [0.29, 0.717) is 12.0 Å². The minimum Gasteiger partial charge on any atom is -0.444 e. The molecule has 94 valence electrons. The van der Waals surface area contributed by atoms with E-state index >= 15 is 0 Å². The summed E-state index contributed by atoms with van der Waals surface area (Å²) in [5, 5.41) is 6.23. The Hall–Kier alpha value is -0.770. The van der Waals surface area contributed by atoms with Crippen molar-refractivity contribution in [2.45, 2.75) is 52.2 Å². The van der Waals surface area contributed by atoms with Crippen LogP contribution in [-0.2, 0) is 4.74 Å². The van der Waals surface area contributed by atoms with Crippen molar-refractivity contribution in [3.8, 4) is 0 Å². The smallest absolute Gasteiger partial charge is 0.407 e. The fourth-order valence-electron chi connectivity index (χ4n) is 1.96. The van der Waals surface area contributed by atoms with Gasteiger partial charge in [-0.3, -0.25) is 0 Å². The van der Waals surface area contributed by atoms with Gasteiger partial charge in [0.1, 0.15) is 5.60 Å². The molecular weight excluding hydrogens is 204 g/mol. The van der Waals surface area contributed by atoms with Crippen molar-refractivity contribution in [3.63, 3.8) is 0 Å². The van der Waals surface area contributed by atoms with Crippen LogP contribution in [0.15, 0.2) is 0 Å². The van der Waals surface area contributed by atoms with Gasteiger partial charge >= 0.3 is 6.09 Å². The Bertz CT molecular complexity index is 236.